The van der Waals surface area contributed by atoms with Crippen LogP contribution in [0.15, 0.2) is 54.7 Å². The van der Waals surface area contributed by atoms with Gasteiger partial charge in [-0.1, -0.05) is 24.3 Å². The van der Waals surface area contributed by atoms with Crippen molar-refractivity contribution in [2.45, 2.75) is 32.0 Å². The Morgan fingerprint density at radius 2 is 1.97 bits per heavy atom. The number of benzene rings is 2. The quantitative estimate of drug-likeness (QED) is 0.352. The molecule has 2 aliphatic rings. The number of hydrogen-bond acceptors (Lipinski definition) is 4. The maximum Gasteiger partial charge on any atom is 0.435 e. The van der Waals surface area contributed by atoms with Gasteiger partial charge in [-0.3, -0.25) is 9.20 Å². The molecule has 0 spiro atoms. The van der Waals surface area contributed by atoms with E-state index in [0.717, 1.165) is 23.1 Å². The topological polar surface area (TPSA) is 73.1 Å². The summed E-state index contributed by atoms with van der Waals surface area (Å²) in [5, 5.41) is 9.31. The Kier molecular flexibility index (Phi) is 5.22. The molecule has 0 aliphatic heterocycles. The summed E-state index contributed by atoms with van der Waals surface area (Å²) in [5.41, 5.74) is 3.16. The Morgan fingerprint density at radius 1 is 1.16 bits per heavy atom. The fourth-order valence-electron chi connectivity index (χ4n) is 5.68. The molecule has 0 radical (unpaired) electrons. The number of aliphatic carboxylic acids is 1. The predicted octanol–water partition coefficient (Wildman–Crippen LogP) is 5.89. The van der Waals surface area contributed by atoms with Crippen LogP contribution in [-0.4, -0.2) is 27.6 Å². The Labute approximate surface area is 210 Å². The minimum absolute atomic E-state index is 0.0331. The normalized spacial score (nSPS) is 20.0. The van der Waals surface area contributed by atoms with E-state index in [2.05, 4.69) is 4.98 Å². The van der Waals surface area contributed by atoms with Crippen molar-refractivity contribution in [1.82, 2.24) is 9.38 Å². The van der Waals surface area contributed by atoms with Gasteiger partial charge in [0.25, 0.3) is 0 Å². The van der Waals surface area contributed by atoms with E-state index in [1.54, 1.807) is 25.1 Å². The summed E-state index contributed by atoms with van der Waals surface area (Å²) in [5.74, 6) is 0.294. The second-order valence-corrected chi connectivity index (χ2v) is 9.60. The lowest BCUT2D eigenvalue weighted by atomic mass is 9.99. The number of carbonyl (C=O) groups is 1. The maximum absolute atomic E-state index is 14.0. The molecule has 9 heteroatoms. The Bertz CT molecular complexity index is 1560. The highest BCUT2D eigenvalue weighted by molar-refractivity contribution is 5.78. The zero-order valence-corrected chi connectivity index (χ0v) is 20.0. The molecule has 3 atom stereocenters. The van der Waals surface area contributed by atoms with Crippen LogP contribution in [0.5, 0.6) is 11.5 Å². The number of nitrogens with zero attached hydrogens (tertiary/aromatic N) is 2. The van der Waals surface area contributed by atoms with Gasteiger partial charge in [0, 0.05) is 23.7 Å². The van der Waals surface area contributed by atoms with Gasteiger partial charge in [0.1, 0.15) is 23.8 Å². The van der Waals surface area contributed by atoms with Crippen molar-refractivity contribution in [2.24, 2.45) is 11.8 Å². The minimum Gasteiger partial charge on any atom is -0.497 e. The number of carboxylic acids is 1. The number of carboxylic acid groups (broad SMARTS) is 1. The van der Waals surface area contributed by atoms with Gasteiger partial charge in [-0.05, 0) is 59.7 Å². The molecule has 0 unspecified atom stereocenters. The number of ether oxygens (including phenoxy) is 2. The molecule has 6 nitrogen and oxygen atoms in total. The van der Waals surface area contributed by atoms with Gasteiger partial charge in [0.2, 0.25) is 0 Å². The molecular weight excluding hydrogens is 485 g/mol. The molecule has 190 valence electrons. The van der Waals surface area contributed by atoms with Gasteiger partial charge in [0.05, 0.1) is 18.7 Å². The number of aromatic nitrogens is 2. The van der Waals surface area contributed by atoms with Crippen LogP contribution in [0.2, 0.25) is 0 Å². The molecule has 4 aromatic rings. The molecule has 1 fully saturated rings. The lowest BCUT2D eigenvalue weighted by Gasteiger charge is -2.15. The van der Waals surface area contributed by atoms with E-state index in [0.29, 0.717) is 22.6 Å². The molecule has 1 N–H and O–H groups in total. The minimum atomic E-state index is -4.64. The van der Waals surface area contributed by atoms with E-state index < -0.39 is 17.8 Å². The number of hydrogen-bond donors (Lipinski definition) is 1. The maximum atomic E-state index is 14.0. The molecule has 0 bridgehead atoms. The summed E-state index contributed by atoms with van der Waals surface area (Å²) < 4.78 is 54.6. The predicted molar refractivity (Wildman–Crippen MR) is 129 cm³/mol. The van der Waals surface area contributed by atoms with Crippen molar-refractivity contribution in [1.29, 1.82) is 0 Å². The molecule has 0 saturated heterocycles. The third-order valence-corrected chi connectivity index (χ3v) is 7.58. The van der Waals surface area contributed by atoms with Crippen LogP contribution in [0.4, 0.5) is 13.2 Å². The van der Waals surface area contributed by atoms with Crippen LogP contribution >= 0.6 is 0 Å². The van der Waals surface area contributed by atoms with Crippen LogP contribution in [0.3, 0.4) is 0 Å². The van der Waals surface area contributed by atoms with Crippen LogP contribution in [0, 0.1) is 18.8 Å². The Hall–Kier alpha value is -4.01. The summed E-state index contributed by atoms with van der Waals surface area (Å²) in [6.07, 6.45) is -2.39. The number of fused-ring (bicyclic) bond motifs is 4. The van der Waals surface area contributed by atoms with Gasteiger partial charge in [-0.2, -0.15) is 13.2 Å². The van der Waals surface area contributed by atoms with Crippen molar-refractivity contribution >= 4 is 11.6 Å². The van der Waals surface area contributed by atoms with E-state index >= 15 is 0 Å². The van der Waals surface area contributed by atoms with Gasteiger partial charge in [0.15, 0.2) is 5.69 Å². The van der Waals surface area contributed by atoms with E-state index in [1.165, 1.54) is 23.8 Å². The molecule has 2 aromatic heterocycles. The lowest BCUT2D eigenvalue weighted by Crippen LogP contribution is -2.09. The van der Waals surface area contributed by atoms with Gasteiger partial charge in [-0.25, -0.2) is 4.98 Å². The third kappa shape index (κ3) is 3.80. The molecule has 37 heavy (non-hydrogen) atoms. The Balaban J connectivity index is 1.30. The van der Waals surface area contributed by atoms with E-state index in [9.17, 15) is 23.1 Å². The number of pyridine rings is 1. The second kappa shape index (κ2) is 8.26. The standard InChI is InChI=1S/C28H23F3N2O4/c1-14-15(13-37-18-6-7-20-16(10-18)11-21-23(20)24(21)27(34)35)4-3-5-19(14)25-26(28(29,30)31)32-22-12-17(36-2)8-9-33(22)25/h3-10,12,21,23-24H,11,13H2,1-2H3,(H,34,35)/t21-,23+,24+/m1/s1. The average Bonchev–Trinajstić information content (AvgIpc) is 3.25. The van der Waals surface area contributed by atoms with Gasteiger partial charge < -0.3 is 14.6 Å². The summed E-state index contributed by atoms with van der Waals surface area (Å²) in [4.78, 5) is 15.2. The van der Waals surface area contributed by atoms with E-state index in [4.69, 9.17) is 9.47 Å². The van der Waals surface area contributed by atoms with Crippen LogP contribution in [0.25, 0.3) is 16.9 Å². The zero-order valence-electron chi connectivity index (χ0n) is 20.0. The largest absolute Gasteiger partial charge is 0.497 e. The smallest absolute Gasteiger partial charge is 0.435 e. The first-order valence-electron chi connectivity index (χ1n) is 11.9. The number of alkyl halides is 3. The first-order valence-corrected chi connectivity index (χ1v) is 11.9. The number of imidazole rings is 1. The van der Waals surface area contributed by atoms with Gasteiger partial charge >= 0.3 is 12.1 Å². The molecule has 2 aromatic carbocycles. The molecular formula is C28H23F3N2O4. The second-order valence-electron chi connectivity index (χ2n) is 9.60. The molecule has 2 heterocycles. The molecule has 6 rings (SSSR count). The van der Waals surface area contributed by atoms with Crippen molar-refractivity contribution in [3.63, 3.8) is 0 Å². The number of methoxy groups -OCH3 is 1. The number of rotatable bonds is 6. The highest BCUT2D eigenvalue weighted by Crippen LogP contribution is 2.61. The number of halogens is 3. The SMILES string of the molecule is COc1ccn2c(-c3cccc(COc4ccc5c(c4)C[C@H]4[C@H](C(=O)O)[C@@H]54)c3C)c(C(F)(F)F)nc2c1. The van der Waals surface area contributed by atoms with Crippen LogP contribution in [0.1, 0.15) is 33.9 Å². The summed E-state index contributed by atoms with van der Waals surface area (Å²) in [7, 11) is 1.45. The Morgan fingerprint density at radius 3 is 2.70 bits per heavy atom. The third-order valence-electron chi connectivity index (χ3n) is 7.58. The van der Waals surface area contributed by atoms with Crippen LogP contribution < -0.4 is 9.47 Å². The summed E-state index contributed by atoms with van der Waals surface area (Å²) >= 11 is 0. The van der Waals surface area contributed by atoms with Crippen LogP contribution in [-0.2, 0) is 24.0 Å². The van der Waals surface area contributed by atoms with Crippen molar-refractivity contribution in [2.75, 3.05) is 7.11 Å². The molecule has 2 aliphatic carbocycles. The van der Waals surface area contributed by atoms with Crippen molar-refractivity contribution in [3.05, 3.63) is 82.7 Å². The fourth-order valence-corrected chi connectivity index (χ4v) is 5.68. The zero-order chi connectivity index (χ0) is 26.1. The van der Waals surface area contributed by atoms with Gasteiger partial charge in [-0.15, -0.1) is 0 Å². The van der Waals surface area contributed by atoms with Crippen molar-refractivity contribution in [3.8, 4) is 22.8 Å². The molecule has 1 saturated carbocycles. The molecule has 0 amide bonds. The monoisotopic (exact) mass is 508 g/mol. The highest BCUT2D eigenvalue weighted by Gasteiger charge is 2.59. The van der Waals surface area contributed by atoms with E-state index in [1.807, 2.05) is 24.3 Å². The first-order chi connectivity index (χ1) is 17.7. The lowest BCUT2D eigenvalue weighted by molar-refractivity contribution is -0.140. The highest BCUT2D eigenvalue weighted by atomic mass is 19.4. The van der Waals surface area contributed by atoms with E-state index in [-0.39, 0.29) is 35.7 Å². The summed E-state index contributed by atoms with van der Waals surface area (Å²) in [6.45, 7) is 1.95. The fraction of sp³-hybridized carbons (Fsp3) is 0.286. The first kappa shape index (κ1) is 23.4. The van der Waals surface area contributed by atoms with Crippen molar-refractivity contribution < 1.29 is 32.5 Å². The summed E-state index contributed by atoms with van der Waals surface area (Å²) in [6, 6.07) is 14.0. The average molecular weight is 508 g/mol.